The molecule has 0 aliphatic carbocycles. The van der Waals surface area contributed by atoms with Gasteiger partial charge in [-0.25, -0.2) is 0 Å². The molecule has 1 heterocycles. The van der Waals surface area contributed by atoms with Gasteiger partial charge in [-0.05, 0) is 55.5 Å². The molecule has 0 aromatic heterocycles. The van der Waals surface area contributed by atoms with Crippen LogP contribution >= 0.6 is 11.8 Å². The largest absolute Gasteiger partial charge is 0.382 e. The molecule has 110 valence electrons. The van der Waals surface area contributed by atoms with E-state index in [0.29, 0.717) is 6.04 Å². The molecule has 2 nitrogen and oxygen atoms in total. The van der Waals surface area contributed by atoms with Crippen molar-refractivity contribution in [3.05, 3.63) is 54.6 Å². The Bertz CT molecular complexity index is 545. The summed E-state index contributed by atoms with van der Waals surface area (Å²) < 4.78 is 0. The first-order valence-electron chi connectivity index (χ1n) is 7.56. The monoisotopic (exact) mass is 298 g/mol. The third-order valence-corrected chi connectivity index (χ3v) is 4.82. The predicted octanol–water partition coefficient (Wildman–Crippen LogP) is 4.49. The lowest BCUT2D eigenvalue weighted by Crippen LogP contribution is -2.39. The summed E-state index contributed by atoms with van der Waals surface area (Å²) in [4.78, 5) is 3.80. The lowest BCUT2D eigenvalue weighted by atomic mass is 10.0. The fourth-order valence-corrected chi connectivity index (χ4v) is 3.25. The fraction of sp³-hybridized carbons (Fsp3) is 0.333. The van der Waals surface area contributed by atoms with Crippen molar-refractivity contribution in [1.82, 2.24) is 0 Å². The molecule has 0 saturated carbocycles. The van der Waals surface area contributed by atoms with Crippen LogP contribution in [-0.2, 0) is 0 Å². The molecule has 3 rings (SSSR count). The number of rotatable bonds is 4. The average Bonchev–Trinajstić information content (AvgIpc) is 2.57. The van der Waals surface area contributed by atoms with E-state index in [0.717, 1.165) is 13.1 Å². The van der Waals surface area contributed by atoms with Gasteiger partial charge in [0.15, 0.2) is 0 Å². The summed E-state index contributed by atoms with van der Waals surface area (Å²) >= 11 is 1.79. The highest BCUT2D eigenvalue weighted by atomic mass is 32.2. The minimum absolute atomic E-state index is 0.588. The number of hydrogen-bond acceptors (Lipinski definition) is 3. The maximum atomic E-state index is 3.67. The molecule has 21 heavy (non-hydrogen) atoms. The van der Waals surface area contributed by atoms with Crippen LogP contribution in [0.2, 0.25) is 0 Å². The molecule has 0 radical (unpaired) electrons. The number of piperidine rings is 1. The van der Waals surface area contributed by atoms with Gasteiger partial charge in [-0.2, -0.15) is 0 Å². The first kappa shape index (κ1) is 14.3. The zero-order valence-electron chi connectivity index (χ0n) is 12.5. The van der Waals surface area contributed by atoms with Gasteiger partial charge in [-0.3, -0.25) is 0 Å². The van der Waals surface area contributed by atoms with Crippen LogP contribution < -0.4 is 10.2 Å². The highest BCUT2D eigenvalue weighted by molar-refractivity contribution is 7.98. The van der Waals surface area contributed by atoms with Gasteiger partial charge in [-0.15, -0.1) is 11.8 Å². The van der Waals surface area contributed by atoms with E-state index < -0.39 is 0 Å². The van der Waals surface area contributed by atoms with Gasteiger partial charge in [0.2, 0.25) is 0 Å². The fourth-order valence-electron chi connectivity index (χ4n) is 2.84. The van der Waals surface area contributed by atoms with Gasteiger partial charge in [0, 0.05) is 35.4 Å². The third kappa shape index (κ3) is 3.73. The molecular weight excluding hydrogens is 276 g/mol. The quantitative estimate of drug-likeness (QED) is 0.837. The maximum absolute atomic E-state index is 3.67. The van der Waals surface area contributed by atoms with E-state index in [9.17, 15) is 0 Å². The minimum atomic E-state index is 0.588. The van der Waals surface area contributed by atoms with Crippen molar-refractivity contribution >= 4 is 23.1 Å². The van der Waals surface area contributed by atoms with Crippen LogP contribution in [0.1, 0.15) is 12.8 Å². The summed E-state index contributed by atoms with van der Waals surface area (Å²) in [5.74, 6) is 0. The number of nitrogens with zero attached hydrogens (tertiary/aromatic N) is 1. The zero-order valence-corrected chi connectivity index (χ0v) is 13.3. The Kier molecular flexibility index (Phi) is 4.71. The van der Waals surface area contributed by atoms with Crippen LogP contribution in [0.25, 0.3) is 0 Å². The van der Waals surface area contributed by atoms with Crippen molar-refractivity contribution < 1.29 is 0 Å². The van der Waals surface area contributed by atoms with Crippen LogP contribution in [-0.4, -0.2) is 25.4 Å². The first-order valence-corrected chi connectivity index (χ1v) is 8.78. The molecule has 1 saturated heterocycles. The summed E-state index contributed by atoms with van der Waals surface area (Å²) in [5, 5.41) is 3.67. The van der Waals surface area contributed by atoms with Gasteiger partial charge in [0.05, 0.1) is 0 Å². The Morgan fingerprint density at radius 1 is 0.952 bits per heavy atom. The van der Waals surface area contributed by atoms with Crippen LogP contribution in [0.5, 0.6) is 0 Å². The standard InChI is InChI=1S/C18H22N2S/c1-21-18-9-7-15(8-10-18)19-16-11-13-20(14-12-16)17-5-3-2-4-6-17/h2-10,16,19H,11-14H2,1H3. The predicted molar refractivity (Wildman–Crippen MR) is 93.5 cm³/mol. The van der Waals surface area contributed by atoms with Gasteiger partial charge in [0.1, 0.15) is 0 Å². The topological polar surface area (TPSA) is 15.3 Å². The number of thioether (sulfide) groups is 1. The Morgan fingerprint density at radius 2 is 1.62 bits per heavy atom. The summed E-state index contributed by atoms with van der Waals surface area (Å²) in [5.41, 5.74) is 2.59. The number of benzene rings is 2. The molecule has 1 aliphatic heterocycles. The molecule has 2 aromatic rings. The SMILES string of the molecule is CSc1ccc(NC2CCN(c3ccccc3)CC2)cc1. The summed E-state index contributed by atoms with van der Waals surface area (Å²) in [6, 6.07) is 20.1. The van der Waals surface area contributed by atoms with Crippen molar-refractivity contribution in [2.45, 2.75) is 23.8 Å². The van der Waals surface area contributed by atoms with Gasteiger partial charge < -0.3 is 10.2 Å². The Labute approximate surface area is 131 Å². The van der Waals surface area contributed by atoms with E-state index >= 15 is 0 Å². The van der Waals surface area contributed by atoms with E-state index in [4.69, 9.17) is 0 Å². The van der Waals surface area contributed by atoms with Crippen molar-refractivity contribution in [1.29, 1.82) is 0 Å². The molecule has 1 N–H and O–H groups in total. The molecule has 0 unspecified atom stereocenters. The average molecular weight is 298 g/mol. The minimum Gasteiger partial charge on any atom is -0.382 e. The number of nitrogens with one attached hydrogen (secondary N) is 1. The normalized spacial score (nSPS) is 16.0. The zero-order chi connectivity index (χ0) is 14.5. The third-order valence-electron chi connectivity index (χ3n) is 4.08. The Hall–Kier alpha value is -1.61. The summed E-state index contributed by atoms with van der Waals surface area (Å²) in [7, 11) is 0. The molecular formula is C18H22N2S. The maximum Gasteiger partial charge on any atom is 0.0366 e. The van der Waals surface area contributed by atoms with Crippen molar-refractivity contribution in [3.63, 3.8) is 0 Å². The molecule has 0 amide bonds. The molecule has 0 bridgehead atoms. The lowest BCUT2D eigenvalue weighted by Gasteiger charge is -2.34. The van der Waals surface area contributed by atoms with E-state index in [1.54, 1.807) is 11.8 Å². The smallest absolute Gasteiger partial charge is 0.0366 e. The Morgan fingerprint density at radius 3 is 2.24 bits per heavy atom. The van der Waals surface area contributed by atoms with Crippen molar-refractivity contribution in [2.75, 3.05) is 29.6 Å². The highest BCUT2D eigenvalue weighted by Gasteiger charge is 2.18. The number of hydrogen-bond donors (Lipinski definition) is 1. The lowest BCUT2D eigenvalue weighted by molar-refractivity contribution is 0.527. The van der Waals surface area contributed by atoms with E-state index in [-0.39, 0.29) is 0 Å². The molecule has 0 atom stereocenters. The van der Waals surface area contributed by atoms with Crippen LogP contribution in [0.3, 0.4) is 0 Å². The van der Waals surface area contributed by atoms with Gasteiger partial charge in [0.25, 0.3) is 0 Å². The van der Waals surface area contributed by atoms with Crippen LogP contribution in [0, 0.1) is 0 Å². The van der Waals surface area contributed by atoms with Crippen LogP contribution in [0.15, 0.2) is 59.5 Å². The number of anilines is 2. The van der Waals surface area contributed by atoms with Crippen molar-refractivity contribution in [3.8, 4) is 0 Å². The number of para-hydroxylation sites is 1. The molecule has 1 fully saturated rings. The van der Waals surface area contributed by atoms with E-state index in [1.165, 1.54) is 29.1 Å². The second kappa shape index (κ2) is 6.90. The Balaban J connectivity index is 1.53. The second-order valence-electron chi connectivity index (χ2n) is 5.47. The summed E-state index contributed by atoms with van der Waals surface area (Å²) in [6.07, 6.45) is 4.50. The molecule has 1 aliphatic rings. The second-order valence-corrected chi connectivity index (χ2v) is 6.35. The molecule has 3 heteroatoms. The molecule has 2 aromatic carbocycles. The highest BCUT2D eigenvalue weighted by Crippen LogP contribution is 2.23. The van der Waals surface area contributed by atoms with Gasteiger partial charge in [-0.1, -0.05) is 18.2 Å². The van der Waals surface area contributed by atoms with Crippen molar-refractivity contribution in [2.24, 2.45) is 0 Å². The van der Waals surface area contributed by atoms with Gasteiger partial charge >= 0.3 is 0 Å². The van der Waals surface area contributed by atoms with Crippen LogP contribution in [0.4, 0.5) is 11.4 Å². The van der Waals surface area contributed by atoms with E-state index in [1.807, 2.05) is 0 Å². The van der Waals surface area contributed by atoms with E-state index in [2.05, 4.69) is 71.1 Å². The summed E-state index contributed by atoms with van der Waals surface area (Å²) in [6.45, 7) is 2.26. The first-order chi connectivity index (χ1) is 10.3. The molecule has 0 spiro atoms.